The van der Waals surface area contributed by atoms with Crippen molar-refractivity contribution in [2.45, 2.75) is 0 Å². The van der Waals surface area contributed by atoms with E-state index in [4.69, 9.17) is 4.42 Å². The van der Waals surface area contributed by atoms with Crippen LogP contribution in [0.3, 0.4) is 0 Å². The number of nitroso groups, excluding NO2 is 1. The van der Waals surface area contributed by atoms with E-state index in [1.165, 1.54) is 4.57 Å². The molecule has 0 bridgehead atoms. The van der Waals surface area contributed by atoms with Crippen LogP contribution in [0.1, 0.15) is 0 Å². The zero-order valence-corrected chi connectivity index (χ0v) is 15.4. The van der Waals surface area contributed by atoms with Crippen molar-refractivity contribution in [2.24, 2.45) is 5.18 Å². The smallest absolute Gasteiger partial charge is 0.263 e. The standard InChI is InChI=1S/C21H11BrN2O3/c22-12-9-10-18-15(11-12)19-20(27-18)13-5-1-2-6-14(13)21(25)24(19)17-8-4-3-7-16(17)23-26/h1-11H. The van der Waals surface area contributed by atoms with Crippen molar-refractivity contribution in [3.8, 4) is 5.69 Å². The van der Waals surface area contributed by atoms with Crippen molar-refractivity contribution in [1.29, 1.82) is 0 Å². The van der Waals surface area contributed by atoms with Crippen LogP contribution in [-0.4, -0.2) is 4.57 Å². The Hall–Kier alpha value is -3.25. The summed E-state index contributed by atoms with van der Waals surface area (Å²) in [6, 6.07) is 19.7. The largest absolute Gasteiger partial charge is 0.454 e. The van der Waals surface area contributed by atoms with Gasteiger partial charge in [0.1, 0.15) is 16.8 Å². The zero-order valence-electron chi connectivity index (χ0n) is 13.8. The molecule has 0 fully saturated rings. The first kappa shape index (κ1) is 16.0. The molecule has 130 valence electrons. The normalized spacial score (nSPS) is 11.4. The van der Waals surface area contributed by atoms with Gasteiger partial charge in [-0.1, -0.05) is 46.3 Å². The van der Waals surface area contributed by atoms with E-state index in [9.17, 15) is 9.70 Å². The SMILES string of the molecule is O=Nc1ccccc1-n1c(=O)c2ccccc2c2oc3ccc(Br)cc3c21. The second kappa shape index (κ2) is 5.89. The van der Waals surface area contributed by atoms with Gasteiger partial charge in [0, 0.05) is 15.2 Å². The number of nitrogens with zero attached hydrogens (tertiary/aromatic N) is 2. The first-order valence-electron chi connectivity index (χ1n) is 8.27. The Morgan fingerprint density at radius 2 is 1.63 bits per heavy atom. The Bertz CT molecular complexity index is 1430. The Balaban J connectivity index is 2.12. The van der Waals surface area contributed by atoms with Crippen LogP contribution in [0.25, 0.3) is 38.5 Å². The molecule has 0 spiro atoms. The van der Waals surface area contributed by atoms with Gasteiger partial charge in [-0.2, -0.15) is 0 Å². The third-order valence-corrected chi connectivity index (χ3v) is 5.17. The molecule has 0 N–H and O–H groups in total. The maximum atomic E-state index is 13.4. The molecule has 0 saturated carbocycles. The lowest BCUT2D eigenvalue weighted by molar-refractivity contribution is 0.671. The van der Waals surface area contributed by atoms with E-state index < -0.39 is 0 Å². The van der Waals surface area contributed by atoms with Crippen molar-refractivity contribution in [2.75, 3.05) is 0 Å². The molecule has 5 nitrogen and oxygen atoms in total. The predicted octanol–water partition coefficient (Wildman–Crippen LogP) is 6.05. The number of rotatable bonds is 2. The number of hydrogen-bond donors (Lipinski definition) is 0. The van der Waals surface area contributed by atoms with Gasteiger partial charge < -0.3 is 4.42 Å². The fourth-order valence-electron chi connectivity index (χ4n) is 3.51. The van der Waals surface area contributed by atoms with Crippen LogP contribution in [0.5, 0.6) is 0 Å². The lowest BCUT2D eigenvalue weighted by Gasteiger charge is -2.11. The van der Waals surface area contributed by atoms with Gasteiger partial charge in [0.2, 0.25) is 0 Å². The average molecular weight is 419 g/mol. The molecule has 3 aromatic carbocycles. The van der Waals surface area contributed by atoms with Crippen LogP contribution in [0, 0.1) is 4.91 Å². The minimum Gasteiger partial charge on any atom is -0.454 e. The fraction of sp³-hybridized carbons (Fsp3) is 0. The highest BCUT2D eigenvalue weighted by Crippen LogP contribution is 2.36. The summed E-state index contributed by atoms with van der Waals surface area (Å²) in [4.78, 5) is 24.8. The zero-order chi connectivity index (χ0) is 18.5. The Labute approximate surface area is 160 Å². The molecule has 5 aromatic rings. The lowest BCUT2D eigenvalue weighted by Crippen LogP contribution is -2.18. The first-order chi connectivity index (χ1) is 13.2. The molecule has 0 aliphatic heterocycles. The molecule has 6 heteroatoms. The van der Waals surface area contributed by atoms with Gasteiger partial charge in [0.15, 0.2) is 5.58 Å². The molecule has 0 unspecified atom stereocenters. The summed E-state index contributed by atoms with van der Waals surface area (Å²) < 4.78 is 8.51. The quantitative estimate of drug-likeness (QED) is 0.327. The van der Waals surface area contributed by atoms with Crippen molar-refractivity contribution >= 4 is 54.5 Å². The molecule has 27 heavy (non-hydrogen) atoms. The van der Waals surface area contributed by atoms with Crippen molar-refractivity contribution in [1.82, 2.24) is 4.57 Å². The topological polar surface area (TPSA) is 64.6 Å². The van der Waals surface area contributed by atoms with Crippen LogP contribution in [-0.2, 0) is 0 Å². The van der Waals surface area contributed by atoms with Gasteiger partial charge in [0.25, 0.3) is 5.56 Å². The van der Waals surface area contributed by atoms with E-state index in [1.807, 2.05) is 36.4 Å². The molecule has 0 aliphatic rings. The number of benzene rings is 3. The first-order valence-corrected chi connectivity index (χ1v) is 9.06. The molecule has 0 aliphatic carbocycles. The molecular weight excluding hydrogens is 408 g/mol. The van der Waals surface area contributed by atoms with Gasteiger partial charge in [-0.15, -0.1) is 4.91 Å². The molecule has 2 heterocycles. The molecular formula is C21H11BrN2O3. The minimum absolute atomic E-state index is 0.195. The van der Waals surface area contributed by atoms with E-state index >= 15 is 0 Å². The maximum Gasteiger partial charge on any atom is 0.263 e. The fourth-order valence-corrected chi connectivity index (χ4v) is 3.87. The van der Waals surface area contributed by atoms with E-state index in [0.29, 0.717) is 27.8 Å². The second-order valence-electron chi connectivity index (χ2n) is 6.19. The van der Waals surface area contributed by atoms with Crippen LogP contribution < -0.4 is 5.56 Å². The third kappa shape index (κ3) is 2.27. The van der Waals surface area contributed by atoms with Crippen LogP contribution in [0.4, 0.5) is 5.69 Å². The highest BCUT2D eigenvalue weighted by Gasteiger charge is 2.20. The van der Waals surface area contributed by atoms with E-state index in [1.54, 1.807) is 30.3 Å². The van der Waals surface area contributed by atoms with Crippen LogP contribution in [0.2, 0.25) is 0 Å². The van der Waals surface area contributed by atoms with Gasteiger partial charge in [-0.25, -0.2) is 0 Å². The van der Waals surface area contributed by atoms with Crippen molar-refractivity contribution in [3.63, 3.8) is 0 Å². The molecule has 2 aromatic heterocycles. The molecule has 0 saturated heterocycles. The molecule has 0 atom stereocenters. The van der Waals surface area contributed by atoms with Gasteiger partial charge in [-0.3, -0.25) is 9.36 Å². The summed E-state index contributed by atoms with van der Waals surface area (Å²) in [7, 11) is 0. The highest BCUT2D eigenvalue weighted by molar-refractivity contribution is 9.10. The predicted molar refractivity (Wildman–Crippen MR) is 110 cm³/mol. The molecule has 0 amide bonds. The summed E-state index contributed by atoms with van der Waals surface area (Å²) in [6.07, 6.45) is 0. The monoisotopic (exact) mass is 418 g/mol. The Kier molecular flexibility index (Phi) is 3.48. The summed E-state index contributed by atoms with van der Waals surface area (Å²) in [5.74, 6) is 0. The van der Waals surface area contributed by atoms with E-state index in [2.05, 4.69) is 21.1 Å². The molecule has 5 rings (SSSR count). The highest BCUT2D eigenvalue weighted by atomic mass is 79.9. The minimum atomic E-state index is -0.225. The number of pyridine rings is 1. The number of aromatic nitrogens is 1. The summed E-state index contributed by atoms with van der Waals surface area (Å²) in [5.41, 5.74) is 2.27. The third-order valence-electron chi connectivity index (χ3n) is 4.67. The number of hydrogen-bond acceptors (Lipinski definition) is 4. The van der Waals surface area contributed by atoms with Crippen LogP contribution in [0.15, 0.2) is 85.6 Å². The van der Waals surface area contributed by atoms with Crippen molar-refractivity contribution < 1.29 is 4.42 Å². The van der Waals surface area contributed by atoms with Crippen LogP contribution >= 0.6 is 15.9 Å². The summed E-state index contributed by atoms with van der Waals surface area (Å²) >= 11 is 3.48. The average Bonchev–Trinajstić information content (AvgIpc) is 3.07. The van der Waals surface area contributed by atoms with Gasteiger partial charge in [0.05, 0.1) is 11.1 Å². The number of halogens is 1. The number of fused-ring (bicyclic) bond motifs is 5. The number of para-hydroxylation sites is 1. The van der Waals surface area contributed by atoms with E-state index in [0.717, 1.165) is 15.2 Å². The Morgan fingerprint density at radius 1 is 0.889 bits per heavy atom. The lowest BCUT2D eigenvalue weighted by atomic mass is 10.1. The summed E-state index contributed by atoms with van der Waals surface area (Å²) in [6.45, 7) is 0. The van der Waals surface area contributed by atoms with Gasteiger partial charge in [-0.05, 0) is 41.6 Å². The molecule has 0 radical (unpaired) electrons. The summed E-state index contributed by atoms with van der Waals surface area (Å²) in [5, 5.41) is 5.14. The number of furan rings is 1. The maximum absolute atomic E-state index is 13.4. The van der Waals surface area contributed by atoms with Crippen molar-refractivity contribution in [3.05, 3.63) is 86.5 Å². The van der Waals surface area contributed by atoms with E-state index in [-0.39, 0.29) is 11.2 Å². The second-order valence-corrected chi connectivity index (χ2v) is 7.10. The Morgan fingerprint density at radius 3 is 2.44 bits per heavy atom. The van der Waals surface area contributed by atoms with Gasteiger partial charge >= 0.3 is 0 Å².